The molecule has 8 aromatic rings. The maximum Gasteiger partial charge on any atom is 0.416 e. The Balaban J connectivity index is 1.50. The van der Waals surface area contributed by atoms with E-state index in [1.165, 1.54) is 34.9 Å². The minimum atomic E-state index is -4.77. The van der Waals surface area contributed by atoms with Crippen LogP contribution in [0.5, 0.6) is 0 Å². The molecule has 12 heteroatoms. The molecule has 4 nitrogen and oxygen atoms in total. The average Bonchev–Trinajstić information content (AvgIpc) is 3.47. The summed E-state index contributed by atoms with van der Waals surface area (Å²) < 4.78 is 115. The first-order valence-electron chi connectivity index (χ1n) is 16.0. The average molecular weight is 723 g/mol. The molecule has 262 valence electrons. The monoisotopic (exact) mass is 722 g/mol. The van der Waals surface area contributed by atoms with Crippen LogP contribution < -0.4 is 0 Å². The lowest BCUT2D eigenvalue weighted by atomic mass is 10.0. The van der Waals surface area contributed by atoms with E-state index in [9.17, 15) is 35.1 Å². The molecule has 0 aliphatic rings. The standard InChI is InChI=1S/C41H22F8N4/c42-29-17-26(18-30(43)22-29)25-11-16-34(33(19-25)39-51-37(23-7-3-1-4-8-23)50-38(52-39)24-9-5-2-6-10-24)53-35-20-27(40(44,45)46)12-14-31(35)32-15-13-28(21-36(32)53)41(47,48)49/h1-22H. The Bertz CT molecular complexity index is 2520. The van der Waals surface area contributed by atoms with Gasteiger partial charge in [-0.25, -0.2) is 23.7 Å². The lowest BCUT2D eigenvalue weighted by Gasteiger charge is -2.17. The smallest absolute Gasteiger partial charge is 0.308 e. The van der Waals surface area contributed by atoms with Crippen molar-refractivity contribution in [2.75, 3.05) is 0 Å². The largest absolute Gasteiger partial charge is 0.416 e. The second kappa shape index (κ2) is 12.7. The first kappa shape index (κ1) is 33.7. The number of hydrogen-bond donors (Lipinski definition) is 0. The van der Waals surface area contributed by atoms with Crippen LogP contribution in [0.25, 0.3) is 72.8 Å². The van der Waals surface area contributed by atoms with Gasteiger partial charge in [-0.2, -0.15) is 26.3 Å². The number of nitrogens with zero attached hydrogens (tertiary/aromatic N) is 4. The molecule has 0 amide bonds. The molecule has 2 heterocycles. The number of alkyl halides is 6. The van der Waals surface area contributed by atoms with Crippen molar-refractivity contribution in [3.8, 4) is 51.0 Å². The molecule has 53 heavy (non-hydrogen) atoms. The first-order chi connectivity index (χ1) is 25.3. The Kier molecular flexibility index (Phi) is 8.05. The highest BCUT2D eigenvalue weighted by molar-refractivity contribution is 6.10. The number of hydrogen-bond acceptors (Lipinski definition) is 3. The van der Waals surface area contributed by atoms with E-state index in [1.54, 1.807) is 60.7 Å². The molecule has 0 N–H and O–H groups in total. The second-order valence-electron chi connectivity index (χ2n) is 12.2. The van der Waals surface area contributed by atoms with Gasteiger partial charge in [0, 0.05) is 33.5 Å². The van der Waals surface area contributed by atoms with E-state index < -0.39 is 35.1 Å². The number of benzene rings is 6. The van der Waals surface area contributed by atoms with Crippen LogP contribution in [0.15, 0.2) is 133 Å². The van der Waals surface area contributed by atoms with E-state index >= 15 is 0 Å². The predicted molar refractivity (Wildman–Crippen MR) is 186 cm³/mol. The summed E-state index contributed by atoms with van der Waals surface area (Å²) in [5.41, 5.74) is -0.283. The molecular weight excluding hydrogens is 700 g/mol. The van der Waals surface area contributed by atoms with Crippen LogP contribution in [0, 0.1) is 11.6 Å². The maximum atomic E-state index is 14.5. The van der Waals surface area contributed by atoms with Crippen molar-refractivity contribution in [2.24, 2.45) is 0 Å². The van der Waals surface area contributed by atoms with Crippen molar-refractivity contribution >= 4 is 21.8 Å². The summed E-state index contributed by atoms with van der Waals surface area (Å²) in [6.07, 6.45) is -9.55. The Morgan fingerprint density at radius 1 is 0.415 bits per heavy atom. The topological polar surface area (TPSA) is 43.6 Å². The molecule has 0 radical (unpaired) electrons. The van der Waals surface area contributed by atoms with E-state index in [0.717, 1.165) is 36.4 Å². The number of fused-ring (bicyclic) bond motifs is 3. The summed E-state index contributed by atoms with van der Waals surface area (Å²) >= 11 is 0. The Hall–Kier alpha value is -6.43. The van der Waals surface area contributed by atoms with Crippen molar-refractivity contribution in [1.82, 2.24) is 19.5 Å². The zero-order chi connectivity index (χ0) is 37.1. The van der Waals surface area contributed by atoms with Crippen LogP contribution >= 0.6 is 0 Å². The number of rotatable bonds is 5. The molecule has 0 atom stereocenters. The van der Waals surface area contributed by atoms with Crippen molar-refractivity contribution in [3.63, 3.8) is 0 Å². The molecule has 0 saturated carbocycles. The van der Waals surface area contributed by atoms with Gasteiger partial charge in [-0.1, -0.05) is 78.9 Å². The molecule has 6 aromatic carbocycles. The fraction of sp³-hybridized carbons (Fsp3) is 0.0488. The highest BCUT2D eigenvalue weighted by Crippen LogP contribution is 2.42. The van der Waals surface area contributed by atoms with Gasteiger partial charge >= 0.3 is 12.4 Å². The highest BCUT2D eigenvalue weighted by Gasteiger charge is 2.34. The normalized spacial score (nSPS) is 12.2. The maximum absolute atomic E-state index is 14.5. The lowest BCUT2D eigenvalue weighted by molar-refractivity contribution is -0.138. The molecular formula is C41H22F8N4. The molecule has 8 rings (SSSR count). The minimum absolute atomic E-state index is 0.000355. The van der Waals surface area contributed by atoms with Gasteiger partial charge in [-0.3, -0.25) is 0 Å². The summed E-state index contributed by atoms with van der Waals surface area (Å²) in [7, 11) is 0. The van der Waals surface area contributed by atoms with Crippen molar-refractivity contribution in [2.45, 2.75) is 12.4 Å². The van der Waals surface area contributed by atoms with Crippen molar-refractivity contribution < 1.29 is 35.1 Å². The summed E-state index contributed by atoms with van der Waals surface area (Å²) in [6, 6.07) is 31.1. The van der Waals surface area contributed by atoms with Crippen LogP contribution in [-0.4, -0.2) is 19.5 Å². The molecule has 0 aliphatic heterocycles. The van der Waals surface area contributed by atoms with Gasteiger partial charge in [-0.15, -0.1) is 0 Å². The molecule has 0 saturated heterocycles. The molecule has 0 aliphatic carbocycles. The predicted octanol–water partition coefficient (Wildman–Crippen LogP) is 12.0. The quantitative estimate of drug-likeness (QED) is 0.166. The molecule has 0 unspecified atom stereocenters. The van der Waals surface area contributed by atoms with Gasteiger partial charge in [-0.05, 0) is 59.7 Å². The summed E-state index contributed by atoms with van der Waals surface area (Å²) in [5.74, 6) is -1.26. The Labute approximate surface area is 295 Å². The van der Waals surface area contributed by atoms with Gasteiger partial charge in [0.25, 0.3) is 0 Å². The third-order valence-corrected chi connectivity index (χ3v) is 8.80. The minimum Gasteiger partial charge on any atom is -0.308 e. The fourth-order valence-corrected chi connectivity index (χ4v) is 6.37. The summed E-state index contributed by atoms with van der Waals surface area (Å²) in [6.45, 7) is 0. The zero-order valence-electron chi connectivity index (χ0n) is 27.0. The van der Waals surface area contributed by atoms with E-state index in [2.05, 4.69) is 0 Å². The van der Waals surface area contributed by atoms with Crippen LogP contribution in [-0.2, 0) is 12.4 Å². The zero-order valence-corrected chi connectivity index (χ0v) is 27.0. The van der Waals surface area contributed by atoms with Crippen LogP contribution in [0.4, 0.5) is 35.1 Å². The SMILES string of the molecule is Fc1cc(F)cc(-c2ccc(-n3c4cc(C(F)(F)F)ccc4c4ccc(C(F)(F)F)cc43)c(-c3nc(-c4ccccc4)nc(-c4ccccc4)n3)c2)c1. The number of halogens is 8. The Morgan fingerprint density at radius 2 is 0.887 bits per heavy atom. The second-order valence-corrected chi connectivity index (χ2v) is 12.2. The van der Waals surface area contributed by atoms with Gasteiger partial charge < -0.3 is 4.57 Å². The van der Waals surface area contributed by atoms with Gasteiger partial charge in [0.2, 0.25) is 0 Å². The molecule has 2 aromatic heterocycles. The lowest BCUT2D eigenvalue weighted by Crippen LogP contribution is -2.07. The third-order valence-electron chi connectivity index (χ3n) is 8.80. The third kappa shape index (κ3) is 6.37. The van der Waals surface area contributed by atoms with Gasteiger partial charge in [0.05, 0.1) is 27.8 Å². The fourth-order valence-electron chi connectivity index (χ4n) is 6.37. The van der Waals surface area contributed by atoms with Gasteiger partial charge in [0.15, 0.2) is 17.5 Å². The van der Waals surface area contributed by atoms with Crippen molar-refractivity contribution in [3.05, 3.63) is 156 Å². The Morgan fingerprint density at radius 3 is 1.36 bits per heavy atom. The van der Waals surface area contributed by atoms with Crippen molar-refractivity contribution in [1.29, 1.82) is 0 Å². The van der Waals surface area contributed by atoms with E-state index in [-0.39, 0.29) is 61.7 Å². The first-order valence-corrected chi connectivity index (χ1v) is 16.0. The van der Waals surface area contributed by atoms with E-state index in [4.69, 9.17) is 15.0 Å². The van der Waals surface area contributed by atoms with E-state index in [0.29, 0.717) is 17.2 Å². The van der Waals surface area contributed by atoms with Crippen LogP contribution in [0.1, 0.15) is 11.1 Å². The van der Waals surface area contributed by atoms with Gasteiger partial charge in [0.1, 0.15) is 11.6 Å². The van der Waals surface area contributed by atoms with Crippen LogP contribution in [0.2, 0.25) is 0 Å². The van der Waals surface area contributed by atoms with E-state index in [1.807, 2.05) is 0 Å². The molecule has 0 bridgehead atoms. The highest BCUT2D eigenvalue weighted by atomic mass is 19.4. The number of aromatic nitrogens is 4. The summed E-state index contributed by atoms with van der Waals surface area (Å²) in [4.78, 5) is 14.2. The molecule has 0 spiro atoms. The summed E-state index contributed by atoms with van der Waals surface area (Å²) in [5, 5.41) is 0.518. The molecule has 0 fully saturated rings. The van der Waals surface area contributed by atoms with Crippen LogP contribution in [0.3, 0.4) is 0 Å².